The van der Waals surface area contributed by atoms with Gasteiger partial charge in [-0.3, -0.25) is 4.90 Å². The Morgan fingerprint density at radius 3 is 2.68 bits per heavy atom. The minimum absolute atomic E-state index is 0.129. The van der Waals surface area contributed by atoms with E-state index in [1.807, 2.05) is 4.90 Å². The monoisotopic (exact) mass is 354 g/mol. The van der Waals surface area contributed by atoms with Crippen LogP contribution < -0.4 is 5.32 Å². The quantitative estimate of drug-likeness (QED) is 0.723. The van der Waals surface area contributed by atoms with Crippen molar-refractivity contribution < 1.29 is 14.3 Å². The van der Waals surface area contributed by atoms with E-state index in [0.29, 0.717) is 6.04 Å². The summed E-state index contributed by atoms with van der Waals surface area (Å²) in [7, 11) is 3.78. The molecular weight excluding hydrogens is 320 g/mol. The molecule has 1 N–H and O–H groups in total. The predicted octanol–water partition coefficient (Wildman–Crippen LogP) is 0.603. The van der Waals surface area contributed by atoms with E-state index in [1.165, 1.54) is 12.8 Å². The topological polar surface area (TPSA) is 57.3 Å². The van der Waals surface area contributed by atoms with Crippen molar-refractivity contribution in [3.05, 3.63) is 0 Å². The average Bonchev–Trinajstić information content (AvgIpc) is 2.94. The number of amides is 1. The highest BCUT2D eigenvalue weighted by molar-refractivity contribution is 5.70. The summed E-state index contributed by atoms with van der Waals surface area (Å²) in [5.74, 6) is 0. The van der Waals surface area contributed by atoms with Crippen LogP contribution in [0.4, 0.5) is 4.79 Å². The molecule has 1 amide bonds. The zero-order valence-corrected chi connectivity index (χ0v) is 15.8. The van der Waals surface area contributed by atoms with Gasteiger partial charge in [-0.05, 0) is 33.0 Å². The lowest BCUT2D eigenvalue weighted by molar-refractivity contribution is -0.0135. The van der Waals surface area contributed by atoms with Crippen molar-refractivity contribution in [1.29, 1.82) is 0 Å². The minimum Gasteiger partial charge on any atom is -0.441 e. The van der Waals surface area contributed by atoms with Crippen molar-refractivity contribution in [2.75, 3.05) is 73.1 Å². The van der Waals surface area contributed by atoms with E-state index in [2.05, 4.69) is 22.2 Å². The van der Waals surface area contributed by atoms with Gasteiger partial charge in [0.05, 0.1) is 13.2 Å². The van der Waals surface area contributed by atoms with Crippen molar-refractivity contribution in [2.45, 2.75) is 37.3 Å². The standard InChI is InChI=1S/C18H34N4O3/c1-20(13-14-24-2)11-12-22-15-18(25-17(22)23)5-9-21(10-6-18)16-3-7-19-8-4-16/h16,19H,3-15H2,1-2H3. The summed E-state index contributed by atoms with van der Waals surface area (Å²) in [6.07, 6.45) is 4.30. The highest BCUT2D eigenvalue weighted by Gasteiger charge is 2.47. The Hall–Kier alpha value is -0.890. The van der Waals surface area contributed by atoms with Crippen molar-refractivity contribution in [3.8, 4) is 0 Å². The van der Waals surface area contributed by atoms with Crippen LogP contribution in [0.1, 0.15) is 25.7 Å². The molecule has 3 aliphatic rings. The molecule has 3 rings (SSSR count). The Balaban J connectivity index is 1.44. The summed E-state index contributed by atoms with van der Waals surface area (Å²) in [5.41, 5.74) is -0.244. The first-order chi connectivity index (χ1) is 12.1. The zero-order chi connectivity index (χ0) is 17.7. The van der Waals surface area contributed by atoms with Gasteiger partial charge in [-0.1, -0.05) is 0 Å². The molecule has 144 valence electrons. The molecule has 0 aromatic rings. The Kier molecular flexibility index (Phi) is 6.55. The minimum atomic E-state index is -0.244. The Morgan fingerprint density at radius 1 is 1.28 bits per heavy atom. The van der Waals surface area contributed by atoms with Crippen LogP contribution in [0.25, 0.3) is 0 Å². The molecule has 3 fully saturated rings. The van der Waals surface area contributed by atoms with Gasteiger partial charge in [0.1, 0.15) is 5.60 Å². The summed E-state index contributed by atoms with van der Waals surface area (Å²) in [6.45, 7) is 8.32. The number of hydrogen-bond donors (Lipinski definition) is 1. The van der Waals surface area contributed by atoms with Gasteiger partial charge >= 0.3 is 6.09 Å². The summed E-state index contributed by atoms with van der Waals surface area (Å²) in [4.78, 5) is 19.0. The number of rotatable bonds is 7. The summed E-state index contributed by atoms with van der Waals surface area (Å²) < 4.78 is 11.0. The first-order valence-corrected chi connectivity index (χ1v) is 9.72. The van der Waals surface area contributed by atoms with E-state index in [4.69, 9.17) is 9.47 Å². The Bertz CT molecular complexity index is 434. The van der Waals surface area contributed by atoms with Gasteiger partial charge in [0, 0.05) is 58.7 Å². The van der Waals surface area contributed by atoms with Crippen LogP contribution in [-0.4, -0.2) is 106 Å². The van der Waals surface area contributed by atoms with E-state index in [-0.39, 0.29) is 11.7 Å². The van der Waals surface area contributed by atoms with Crippen LogP contribution >= 0.6 is 0 Å². The first-order valence-electron chi connectivity index (χ1n) is 9.72. The Morgan fingerprint density at radius 2 is 2.00 bits per heavy atom. The maximum absolute atomic E-state index is 12.3. The van der Waals surface area contributed by atoms with E-state index < -0.39 is 0 Å². The molecule has 7 heteroatoms. The third kappa shape index (κ3) is 4.84. The molecule has 3 saturated heterocycles. The van der Waals surface area contributed by atoms with Crippen LogP contribution in [0.3, 0.4) is 0 Å². The van der Waals surface area contributed by atoms with E-state index in [0.717, 1.165) is 71.8 Å². The number of piperidine rings is 2. The lowest BCUT2D eigenvalue weighted by Gasteiger charge is -2.42. The number of nitrogens with one attached hydrogen (secondary N) is 1. The predicted molar refractivity (Wildman–Crippen MR) is 96.9 cm³/mol. The maximum Gasteiger partial charge on any atom is 0.410 e. The molecule has 0 unspecified atom stereocenters. The summed E-state index contributed by atoms with van der Waals surface area (Å²) in [6, 6.07) is 0.709. The van der Waals surface area contributed by atoms with Crippen LogP contribution in [0.5, 0.6) is 0 Å². The summed E-state index contributed by atoms with van der Waals surface area (Å²) in [5, 5.41) is 3.44. The van der Waals surface area contributed by atoms with E-state index >= 15 is 0 Å². The number of methoxy groups -OCH3 is 1. The number of hydrogen-bond acceptors (Lipinski definition) is 6. The second kappa shape index (κ2) is 8.66. The molecule has 0 saturated carbocycles. The van der Waals surface area contributed by atoms with Crippen molar-refractivity contribution in [3.63, 3.8) is 0 Å². The van der Waals surface area contributed by atoms with Crippen LogP contribution in [0.2, 0.25) is 0 Å². The van der Waals surface area contributed by atoms with Crippen LogP contribution in [-0.2, 0) is 9.47 Å². The smallest absolute Gasteiger partial charge is 0.410 e. The first kappa shape index (κ1) is 18.9. The van der Waals surface area contributed by atoms with Gasteiger partial charge in [0.2, 0.25) is 0 Å². The van der Waals surface area contributed by atoms with Crippen LogP contribution in [0, 0.1) is 0 Å². The SMILES string of the molecule is COCCN(C)CCN1CC2(CCN(C3CCNCC3)CC2)OC1=O. The van der Waals surface area contributed by atoms with Gasteiger partial charge < -0.3 is 24.6 Å². The molecule has 0 atom stereocenters. The largest absolute Gasteiger partial charge is 0.441 e. The third-order valence-electron chi connectivity index (χ3n) is 6.00. The average molecular weight is 354 g/mol. The van der Waals surface area contributed by atoms with Crippen LogP contribution in [0.15, 0.2) is 0 Å². The molecule has 3 heterocycles. The van der Waals surface area contributed by atoms with Gasteiger partial charge in [0.25, 0.3) is 0 Å². The molecule has 0 aromatic heterocycles. The number of likely N-dealkylation sites (tertiary alicyclic amines) is 1. The van der Waals surface area contributed by atoms with Gasteiger partial charge in [-0.15, -0.1) is 0 Å². The molecule has 0 bridgehead atoms. The van der Waals surface area contributed by atoms with Crippen molar-refractivity contribution in [1.82, 2.24) is 20.0 Å². The summed E-state index contributed by atoms with van der Waals surface area (Å²) >= 11 is 0. The number of carbonyl (C=O) groups is 1. The molecule has 0 aromatic carbocycles. The van der Waals surface area contributed by atoms with Gasteiger partial charge in [-0.2, -0.15) is 0 Å². The lowest BCUT2D eigenvalue weighted by atomic mass is 9.89. The zero-order valence-electron chi connectivity index (χ0n) is 15.8. The third-order valence-corrected chi connectivity index (χ3v) is 6.00. The second-order valence-corrected chi connectivity index (χ2v) is 7.79. The van der Waals surface area contributed by atoms with Gasteiger partial charge in [0.15, 0.2) is 0 Å². The molecule has 3 aliphatic heterocycles. The normalized spacial score (nSPS) is 25.1. The van der Waals surface area contributed by atoms with E-state index in [9.17, 15) is 4.79 Å². The van der Waals surface area contributed by atoms with E-state index in [1.54, 1.807) is 7.11 Å². The lowest BCUT2D eigenvalue weighted by Crippen LogP contribution is -2.52. The molecule has 0 aliphatic carbocycles. The number of ether oxygens (including phenoxy) is 2. The highest BCUT2D eigenvalue weighted by atomic mass is 16.6. The van der Waals surface area contributed by atoms with Gasteiger partial charge in [-0.25, -0.2) is 4.79 Å². The highest BCUT2D eigenvalue weighted by Crippen LogP contribution is 2.34. The fraction of sp³-hybridized carbons (Fsp3) is 0.944. The molecule has 1 spiro atoms. The second-order valence-electron chi connectivity index (χ2n) is 7.79. The molecular formula is C18H34N4O3. The number of carbonyl (C=O) groups excluding carboxylic acids is 1. The van der Waals surface area contributed by atoms with Crippen molar-refractivity contribution in [2.24, 2.45) is 0 Å². The maximum atomic E-state index is 12.3. The molecule has 25 heavy (non-hydrogen) atoms. The molecule has 7 nitrogen and oxygen atoms in total. The van der Waals surface area contributed by atoms with Crippen molar-refractivity contribution >= 4 is 6.09 Å². The fourth-order valence-electron chi connectivity index (χ4n) is 4.24. The number of likely N-dealkylation sites (N-methyl/N-ethyl adjacent to an activating group) is 1. The fourth-order valence-corrected chi connectivity index (χ4v) is 4.24. The Labute approximate surface area is 151 Å². The molecule has 0 radical (unpaired) electrons. The number of nitrogens with zero attached hydrogens (tertiary/aromatic N) is 3.